The number of halogens is 5. The third-order valence-electron chi connectivity index (χ3n) is 2.78. The summed E-state index contributed by atoms with van der Waals surface area (Å²) in [4.78, 5) is 0. The summed E-state index contributed by atoms with van der Waals surface area (Å²) in [5, 5.41) is -0.552. The molecule has 0 fully saturated rings. The quantitative estimate of drug-likeness (QED) is 0.425. The Morgan fingerprint density at radius 2 is 1.68 bits per heavy atom. The van der Waals surface area contributed by atoms with Crippen molar-refractivity contribution < 1.29 is 4.39 Å². The molecule has 2 rings (SSSR count). The first-order valence-electron chi connectivity index (χ1n) is 5.44. The fourth-order valence-corrected chi connectivity index (χ4v) is 3.64. The Hall–Kier alpha value is 0.1000. The Kier molecular flexibility index (Phi) is 5.09. The zero-order valence-corrected chi connectivity index (χ0v) is 15.4. The fraction of sp³-hybridized carbons (Fsp3) is 0.143. The average Bonchev–Trinajstić information content (AvgIpc) is 2.36. The second-order valence-electron chi connectivity index (χ2n) is 4.15. The van der Waals surface area contributed by atoms with Crippen LogP contribution in [0.5, 0.6) is 0 Å². The molecule has 1 atom stereocenters. The molecule has 0 spiro atoms. The van der Waals surface area contributed by atoms with Gasteiger partial charge < -0.3 is 0 Å². The molecule has 0 saturated carbocycles. The van der Waals surface area contributed by atoms with E-state index in [1.54, 1.807) is 12.1 Å². The Morgan fingerprint density at radius 1 is 1.00 bits per heavy atom. The van der Waals surface area contributed by atoms with Crippen LogP contribution in [0.4, 0.5) is 4.39 Å². The van der Waals surface area contributed by atoms with E-state index in [1.807, 2.05) is 19.1 Å². The molecule has 0 nitrogen and oxygen atoms in total. The lowest BCUT2D eigenvalue weighted by Crippen LogP contribution is -1.99. The highest BCUT2D eigenvalue weighted by Gasteiger charge is 2.19. The Bertz CT molecular complexity index is 628. The highest BCUT2D eigenvalue weighted by Crippen LogP contribution is 2.38. The molecule has 0 bridgehead atoms. The molecule has 2 aromatic rings. The summed E-state index contributed by atoms with van der Waals surface area (Å²) >= 11 is 16.7. The Morgan fingerprint density at radius 3 is 2.37 bits per heavy atom. The lowest BCUT2D eigenvalue weighted by Gasteiger charge is -2.15. The predicted octanol–water partition coefficient (Wildman–Crippen LogP) is 6.75. The van der Waals surface area contributed by atoms with Crippen LogP contribution < -0.4 is 0 Å². The summed E-state index contributed by atoms with van der Waals surface area (Å²) < 4.78 is 16.5. The van der Waals surface area contributed by atoms with Gasteiger partial charge in [-0.2, -0.15) is 0 Å². The van der Waals surface area contributed by atoms with Crippen molar-refractivity contribution in [2.75, 3.05) is 0 Å². The van der Waals surface area contributed by atoms with Crippen LogP contribution >= 0.6 is 59.4 Å². The molecular weight excluding hydrogens is 462 g/mol. The minimum absolute atomic E-state index is 0.313. The van der Waals surface area contributed by atoms with Gasteiger partial charge in [0.2, 0.25) is 0 Å². The molecule has 0 heterocycles. The summed E-state index contributed by atoms with van der Waals surface area (Å²) in [5.74, 6) is -0.313. The van der Waals surface area contributed by atoms with E-state index in [1.165, 1.54) is 6.07 Å². The van der Waals surface area contributed by atoms with Gasteiger partial charge in [-0.05, 0) is 48.4 Å². The van der Waals surface area contributed by atoms with E-state index in [9.17, 15) is 4.39 Å². The fourth-order valence-electron chi connectivity index (χ4n) is 1.73. The lowest BCUT2D eigenvalue weighted by atomic mass is 10.0. The van der Waals surface area contributed by atoms with Gasteiger partial charge in [0.05, 0.1) is 5.38 Å². The molecule has 0 saturated heterocycles. The van der Waals surface area contributed by atoms with Crippen LogP contribution in [-0.4, -0.2) is 0 Å². The first-order valence-corrected chi connectivity index (χ1v) is 8.26. The number of benzene rings is 2. The van der Waals surface area contributed by atoms with E-state index < -0.39 is 5.38 Å². The summed E-state index contributed by atoms with van der Waals surface area (Å²) in [7, 11) is 0. The standard InChI is InChI=1S/C14H9Br3ClF/c1-7-4-12(17)9(6-11(7)16)14(18)10-5-8(15)2-3-13(10)19/h2-6,14H,1H3. The third kappa shape index (κ3) is 3.41. The molecule has 100 valence electrons. The van der Waals surface area contributed by atoms with Crippen molar-refractivity contribution in [3.05, 3.63) is 66.3 Å². The maximum Gasteiger partial charge on any atom is 0.128 e. The van der Waals surface area contributed by atoms with Crippen molar-refractivity contribution in [3.63, 3.8) is 0 Å². The van der Waals surface area contributed by atoms with Gasteiger partial charge in [-0.3, -0.25) is 0 Å². The van der Waals surface area contributed by atoms with Crippen LogP contribution in [0.15, 0.2) is 43.7 Å². The van der Waals surface area contributed by atoms with Gasteiger partial charge in [-0.1, -0.05) is 47.8 Å². The number of aryl methyl sites for hydroxylation is 1. The highest BCUT2D eigenvalue weighted by molar-refractivity contribution is 9.11. The van der Waals surface area contributed by atoms with Crippen molar-refractivity contribution in [2.45, 2.75) is 12.3 Å². The summed E-state index contributed by atoms with van der Waals surface area (Å²) in [6, 6.07) is 8.64. The van der Waals surface area contributed by atoms with E-state index in [2.05, 4.69) is 47.8 Å². The number of alkyl halides is 1. The van der Waals surface area contributed by atoms with Gasteiger partial charge >= 0.3 is 0 Å². The zero-order chi connectivity index (χ0) is 14.2. The number of hydrogen-bond donors (Lipinski definition) is 0. The van der Waals surface area contributed by atoms with Crippen molar-refractivity contribution in [1.29, 1.82) is 0 Å². The van der Waals surface area contributed by atoms with Gasteiger partial charge in [0.15, 0.2) is 0 Å². The van der Waals surface area contributed by atoms with Crippen molar-refractivity contribution in [2.24, 2.45) is 0 Å². The third-order valence-corrected chi connectivity index (χ3v) is 5.29. The topological polar surface area (TPSA) is 0 Å². The highest BCUT2D eigenvalue weighted by atomic mass is 79.9. The first-order chi connectivity index (χ1) is 8.90. The van der Waals surface area contributed by atoms with Gasteiger partial charge in [0.1, 0.15) is 5.82 Å². The molecular formula is C14H9Br3ClF. The first kappa shape index (κ1) is 15.5. The van der Waals surface area contributed by atoms with E-state index in [4.69, 9.17) is 11.6 Å². The minimum atomic E-state index is -0.552. The summed E-state index contributed by atoms with van der Waals surface area (Å²) in [6.07, 6.45) is 0. The smallest absolute Gasteiger partial charge is 0.128 e. The second-order valence-corrected chi connectivity index (χ2v) is 7.21. The zero-order valence-electron chi connectivity index (χ0n) is 9.85. The Balaban J connectivity index is 2.52. The van der Waals surface area contributed by atoms with Gasteiger partial charge in [0.25, 0.3) is 0 Å². The van der Waals surface area contributed by atoms with Crippen molar-refractivity contribution >= 4 is 59.4 Å². The van der Waals surface area contributed by atoms with Crippen LogP contribution in [0.3, 0.4) is 0 Å². The van der Waals surface area contributed by atoms with Crippen molar-refractivity contribution in [1.82, 2.24) is 0 Å². The van der Waals surface area contributed by atoms with Gasteiger partial charge in [-0.15, -0.1) is 11.6 Å². The predicted molar refractivity (Wildman–Crippen MR) is 88.4 cm³/mol. The van der Waals surface area contributed by atoms with Gasteiger partial charge in [0, 0.05) is 19.0 Å². The molecule has 0 aliphatic heterocycles. The molecule has 0 radical (unpaired) electrons. The molecule has 19 heavy (non-hydrogen) atoms. The van der Waals surface area contributed by atoms with Gasteiger partial charge in [-0.25, -0.2) is 4.39 Å². The van der Waals surface area contributed by atoms with Crippen LogP contribution in [0.1, 0.15) is 22.1 Å². The minimum Gasteiger partial charge on any atom is -0.207 e. The lowest BCUT2D eigenvalue weighted by molar-refractivity contribution is 0.612. The number of rotatable bonds is 2. The van der Waals surface area contributed by atoms with E-state index >= 15 is 0 Å². The van der Waals surface area contributed by atoms with Crippen LogP contribution in [-0.2, 0) is 0 Å². The molecule has 0 amide bonds. The normalized spacial score (nSPS) is 12.5. The van der Waals surface area contributed by atoms with Crippen LogP contribution in [0, 0.1) is 12.7 Å². The average molecular weight is 471 g/mol. The molecule has 0 aliphatic rings. The molecule has 1 unspecified atom stereocenters. The second kappa shape index (κ2) is 6.25. The SMILES string of the molecule is Cc1cc(Br)c(C(Cl)c2cc(Br)ccc2F)cc1Br. The van der Waals surface area contributed by atoms with Crippen LogP contribution in [0.25, 0.3) is 0 Å². The molecule has 0 aromatic heterocycles. The van der Waals surface area contributed by atoms with Crippen molar-refractivity contribution in [3.8, 4) is 0 Å². The molecule has 0 aliphatic carbocycles. The van der Waals surface area contributed by atoms with E-state index in [0.717, 1.165) is 24.5 Å². The largest absolute Gasteiger partial charge is 0.207 e. The maximum atomic E-state index is 13.9. The van der Waals surface area contributed by atoms with E-state index in [-0.39, 0.29) is 5.82 Å². The summed E-state index contributed by atoms with van der Waals surface area (Å²) in [5.41, 5.74) is 2.37. The maximum absolute atomic E-state index is 13.9. The van der Waals surface area contributed by atoms with E-state index in [0.29, 0.717) is 5.56 Å². The molecule has 2 aromatic carbocycles. The van der Waals surface area contributed by atoms with Crippen LogP contribution in [0.2, 0.25) is 0 Å². The summed E-state index contributed by atoms with van der Waals surface area (Å²) in [6.45, 7) is 1.99. The monoisotopic (exact) mass is 468 g/mol. The molecule has 5 heteroatoms. The molecule has 0 N–H and O–H groups in total. The Labute approximate surface area is 141 Å². The number of hydrogen-bond acceptors (Lipinski definition) is 0.